The molecule has 1 unspecified atom stereocenters. The van der Waals surface area contributed by atoms with Gasteiger partial charge in [0.15, 0.2) is 0 Å². The first-order valence-electron chi connectivity index (χ1n) is 6.80. The number of carbonyl (C=O) groups excluding carboxylic acids is 1. The van der Waals surface area contributed by atoms with Gasteiger partial charge < -0.3 is 10.1 Å². The minimum Gasteiger partial charge on any atom is -0.433 e. The fourth-order valence-corrected chi connectivity index (χ4v) is 2.88. The number of hydrogen-bond donors (Lipinski definition) is 1. The number of ether oxygens (including phenoxy) is 1. The average Bonchev–Trinajstić information content (AvgIpc) is 2.49. The first-order valence-corrected chi connectivity index (χ1v) is 8.90. The van der Waals surface area contributed by atoms with Crippen molar-refractivity contribution in [1.82, 2.24) is 0 Å². The number of rotatable bonds is 6. The number of carbonyl (C=O) groups is 1. The lowest BCUT2D eigenvalue weighted by Crippen LogP contribution is -2.12. The smallest absolute Gasteiger partial charge is 0.387 e. The fraction of sp³-hybridized carbons (Fsp3) is 0.188. The predicted molar refractivity (Wildman–Crippen MR) is 90.2 cm³/mol. The van der Waals surface area contributed by atoms with Crippen molar-refractivity contribution in [2.24, 2.45) is 0 Å². The van der Waals surface area contributed by atoms with Gasteiger partial charge in [0.1, 0.15) is 5.75 Å². The zero-order chi connectivity index (χ0) is 17.7. The molecule has 1 N–H and O–H groups in total. The Hall–Kier alpha value is -1.99. The first kappa shape index (κ1) is 18.4. The van der Waals surface area contributed by atoms with Gasteiger partial charge in [-0.05, 0) is 35.9 Å². The molecule has 0 aliphatic heterocycles. The van der Waals surface area contributed by atoms with Gasteiger partial charge in [-0.2, -0.15) is 8.78 Å². The monoisotopic (exact) mass is 373 g/mol. The van der Waals surface area contributed by atoms with Crippen LogP contribution in [-0.2, 0) is 16.6 Å². The van der Waals surface area contributed by atoms with Crippen LogP contribution in [0.25, 0.3) is 0 Å². The molecular weight excluding hydrogens is 360 g/mol. The zero-order valence-corrected chi connectivity index (χ0v) is 14.2. The van der Waals surface area contributed by atoms with Crippen molar-refractivity contribution in [3.63, 3.8) is 0 Å². The molecule has 8 heteroatoms. The van der Waals surface area contributed by atoms with E-state index in [9.17, 15) is 17.8 Å². The van der Waals surface area contributed by atoms with E-state index in [2.05, 4.69) is 10.1 Å². The van der Waals surface area contributed by atoms with E-state index in [4.69, 9.17) is 11.6 Å². The molecule has 0 spiro atoms. The van der Waals surface area contributed by atoms with Gasteiger partial charge in [-0.1, -0.05) is 23.7 Å². The summed E-state index contributed by atoms with van der Waals surface area (Å²) in [5.74, 6) is -0.207. The third-order valence-corrected chi connectivity index (χ3v) is 4.00. The van der Waals surface area contributed by atoms with Crippen LogP contribution in [-0.4, -0.2) is 23.0 Å². The van der Waals surface area contributed by atoms with Crippen molar-refractivity contribution in [3.05, 3.63) is 58.6 Å². The molecule has 0 aliphatic carbocycles. The second-order valence-electron chi connectivity index (χ2n) is 4.90. The average molecular weight is 374 g/mol. The third kappa shape index (κ3) is 5.28. The summed E-state index contributed by atoms with van der Waals surface area (Å²) < 4.78 is 39.9. The SMILES string of the molecule is CS(=O)Cc1cccc(C(=O)Nc2ccc(OC(F)F)c(Cl)c2)c1. The highest BCUT2D eigenvalue weighted by Crippen LogP contribution is 2.29. The number of halogens is 3. The van der Waals surface area contributed by atoms with Crippen molar-refractivity contribution in [2.75, 3.05) is 11.6 Å². The van der Waals surface area contributed by atoms with Gasteiger partial charge in [-0.25, -0.2) is 0 Å². The molecular formula is C16H14ClF2NO3S. The van der Waals surface area contributed by atoms with Crippen LogP contribution in [0.3, 0.4) is 0 Å². The van der Waals surface area contributed by atoms with Crippen LogP contribution < -0.4 is 10.1 Å². The van der Waals surface area contributed by atoms with Crippen LogP contribution in [0.15, 0.2) is 42.5 Å². The number of anilines is 1. The van der Waals surface area contributed by atoms with Crippen molar-refractivity contribution >= 4 is 34.0 Å². The van der Waals surface area contributed by atoms with Gasteiger partial charge in [-0.3, -0.25) is 9.00 Å². The van der Waals surface area contributed by atoms with Crippen LogP contribution in [0.1, 0.15) is 15.9 Å². The molecule has 0 saturated carbocycles. The van der Waals surface area contributed by atoms with Crippen LogP contribution in [0.2, 0.25) is 5.02 Å². The molecule has 0 aliphatic rings. The maximum atomic E-state index is 12.2. The van der Waals surface area contributed by atoms with E-state index in [1.54, 1.807) is 30.5 Å². The van der Waals surface area contributed by atoms with Gasteiger partial charge >= 0.3 is 6.61 Å². The molecule has 24 heavy (non-hydrogen) atoms. The van der Waals surface area contributed by atoms with Crippen LogP contribution in [0, 0.1) is 0 Å². The molecule has 0 saturated heterocycles. The molecule has 4 nitrogen and oxygen atoms in total. The summed E-state index contributed by atoms with van der Waals surface area (Å²) >= 11 is 5.84. The van der Waals surface area contributed by atoms with Gasteiger partial charge in [-0.15, -0.1) is 0 Å². The van der Waals surface area contributed by atoms with Gasteiger partial charge in [0.2, 0.25) is 0 Å². The highest BCUT2D eigenvalue weighted by Gasteiger charge is 2.11. The lowest BCUT2D eigenvalue weighted by molar-refractivity contribution is -0.0497. The molecule has 2 rings (SSSR count). The minimum absolute atomic E-state index is 0.0387. The van der Waals surface area contributed by atoms with Crippen molar-refractivity contribution in [2.45, 2.75) is 12.4 Å². The van der Waals surface area contributed by atoms with Crippen molar-refractivity contribution in [1.29, 1.82) is 0 Å². The number of nitrogens with one attached hydrogen (secondary N) is 1. The largest absolute Gasteiger partial charge is 0.433 e. The van der Waals surface area contributed by atoms with E-state index in [1.165, 1.54) is 18.2 Å². The Morgan fingerprint density at radius 1 is 1.29 bits per heavy atom. The molecule has 128 valence electrons. The highest BCUT2D eigenvalue weighted by atomic mass is 35.5. The Balaban J connectivity index is 2.12. The second kappa shape index (κ2) is 8.21. The Kier molecular flexibility index (Phi) is 6.28. The van der Waals surface area contributed by atoms with E-state index < -0.39 is 23.3 Å². The summed E-state index contributed by atoms with van der Waals surface area (Å²) in [5, 5.41) is 2.58. The van der Waals surface area contributed by atoms with Gasteiger partial charge in [0.05, 0.1) is 5.02 Å². The summed E-state index contributed by atoms with van der Waals surface area (Å²) in [7, 11) is -1.01. The van der Waals surface area contributed by atoms with E-state index in [1.807, 2.05) is 0 Å². The maximum absolute atomic E-state index is 12.2. The van der Waals surface area contributed by atoms with Crippen LogP contribution >= 0.6 is 11.6 Å². The summed E-state index contributed by atoms with van der Waals surface area (Å²) in [6.07, 6.45) is 1.58. The molecule has 0 aromatic heterocycles. The van der Waals surface area contributed by atoms with Gasteiger partial charge in [0.25, 0.3) is 5.91 Å². The predicted octanol–water partition coefficient (Wildman–Crippen LogP) is 4.07. The summed E-state index contributed by atoms with van der Waals surface area (Å²) in [6, 6.07) is 10.7. The van der Waals surface area contributed by atoms with E-state index in [-0.39, 0.29) is 10.8 Å². The summed E-state index contributed by atoms with van der Waals surface area (Å²) in [4.78, 5) is 12.2. The van der Waals surface area contributed by atoms with Crippen molar-refractivity contribution < 1.29 is 22.5 Å². The molecule has 0 fully saturated rings. The molecule has 1 amide bonds. The third-order valence-electron chi connectivity index (χ3n) is 2.96. The minimum atomic E-state index is -2.98. The molecule has 2 aromatic carbocycles. The lowest BCUT2D eigenvalue weighted by Gasteiger charge is -2.10. The van der Waals surface area contributed by atoms with Crippen LogP contribution in [0.4, 0.5) is 14.5 Å². The quantitative estimate of drug-likeness (QED) is 0.830. The number of hydrogen-bond acceptors (Lipinski definition) is 3. The van der Waals surface area contributed by atoms with E-state index in [0.717, 1.165) is 5.56 Å². The topological polar surface area (TPSA) is 55.4 Å². The molecule has 1 atom stereocenters. The number of amides is 1. The summed E-state index contributed by atoms with van der Waals surface area (Å²) in [6.45, 7) is -2.98. The normalized spacial score (nSPS) is 12.0. The second-order valence-corrected chi connectivity index (χ2v) is 6.74. The Bertz CT molecular complexity index is 771. The fourth-order valence-electron chi connectivity index (χ4n) is 2.01. The first-order chi connectivity index (χ1) is 11.3. The number of benzene rings is 2. The van der Waals surface area contributed by atoms with Crippen LogP contribution in [0.5, 0.6) is 5.75 Å². The Morgan fingerprint density at radius 3 is 2.67 bits per heavy atom. The Labute approximate surface area is 145 Å². The van der Waals surface area contributed by atoms with Gasteiger partial charge in [0, 0.05) is 34.1 Å². The zero-order valence-electron chi connectivity index (χ0n) is 12.6. The van der Waals surface area contributed by atoms with E-state index >= 15 is 0 Å². The molecule has 0 heterocycles. The molecule has 0 bridgehead atoms. The van der Waals surface area contributed by atoms with Crippen molar-refractivity contribution in [3.8, 4) is 5.75 Å². The number of alkyl halides is 2. The standard InChI is InChI=1S/C16H14ClF2NO3S/c1-24(22)9-10-3-2-4-11(7-10)15(21)20-12-5-6-14(13(17)8-12)23-16(18)19/h2-8,16H,9H2,1H3,(H,20,21). The molecule has 0 radical (unpaired) electrons. The summed E-state index contributed by atoms with van der Waals surface area (Å²) in [5.41, 5.74) is 1.51. The maximum Gasteiger partial charge on any atom is 0.387 e. The van der Waals surface area contributed by atoms with E-state index in [0.29, 0.717) is 17.0 Å². The lowest BCUT2D eigenvalue weighted by atomic mass is 10.1. The Morgan fingerprint density at radius 2 is 2.04 bits per heavy atom. The highest BCUT2D eigenvalue weighted by molar-refractivity contribution is 7.83. The molecule has 2 aromatic rings.